The summed E-state index contributed by atoms with van der Waals surface area (Å²) in [6.45, 7) is 5.80. The molecule has 1 heterocycles. The molecule has 0 aliphatic rings. The van der Waals surface area contributed by atoms with Crippen LogP contribution in [0.2, 0.25) is 5.02 Å². The Labute approximate surface area is 167 Å². The van der Waals surface area contributed by atoms with Gasteiger partial charge in [-0.05, 0) is 42.7 Å². The third kappa shape index (κ3) is 4.02. The third-order valence-electron chi connectivity index (χ3n) is 4.46. The summed E-state index contributed by atoms with van der Waals surface area (Å²) in [4.78, 5) is 38.4. The molecule has 0 radical (unpaired) electrons. The average Bonchev–Trinajstić information content (AvgIpc) is 2.65. The van der Waals surface area contributed by atoms with Crippen molar-refractivity contribution in [1.29, 1.82) is 0 Å². The first-order valence-electron chi connectivity index (χ1n) is 9.06. The zero-order chi connectivity index (χ0) is 20.4. The van der Waals surface area contributed by atoms with Crippen LogP contribution in [0, 0.1) is 12.8 Å². The molecule has 146 valence electrons. The summed E-state index contributed by atoms with van der Waals surface area (Å²) in [5, 5.41) is 3.72. The maximum atomic E-state index is 13.0. The summed E-state index contributed by atoms with van der Waals surface area (Å²) in [5.41, 5.74) is 1.06. The summed E-state index contributed by atoms with van der Waals surface area (Å²) in [6.07, 6.45) is 0. The van der Waals surface area contributed by atoms with Crippen molar-refractivity contribution in [3.63, 3.8) is 0 Å². The molecule has 6 nitrogen and oxygen atoms in total. The average molecular weight is 400 g/mol. The number of nitrogens with zero attached hydrogens (tertiary/aromatic N) is 2. The summed E-state index contributed by atoms with van der Waals surface area (Å²) in [5.74, 6) is -0.254. The number of fused-ring (bicyclic) bond motifs is 1. The van der Waals surface area contributed by atoms with Gasteiger partial charge in [0.15, 0.2) is 0 Å². The number of anilines is 1. The molecular formula is C21H22ClN3O3. The second kappa shape index (κ2) is 8.02. The molecule has 0 atom stereocenters. The van der Waals surface area contributed by atoms with E-state index in [1.165, 1.54) is 9.13 Å². The Morgan fingerprint density at radius 3 is 2.54 bits per heavy atom. The highest BCUT2D eigenvalue weighted by Gasteiger charge is 2.16. The third-order valence-corrected chi connectivity index (χ3v) is 4.69. The Hall–Kier alpha value is -2.86. The molecule has 0 aliphatic heterocycles. The van der Waals surface area contributed by atoms with Crippen LogP contribution in [0.15, 0.2) is 52.1 Å². The van der Waals surface area contributed by atoms with Gasteiger partial charge in [-0.15, -0.1) is 0 Å². The van der Waals surface area contributed by atoms with E-state index in [0.717, 1.165) is 5.56 Å². The first kappa shape index (κ1) is 19.9. The summed E-state index contributed by atoms with van der Waals surface area (Å²) in [7, 11) is 0. The van der Waals surface area contributed by atoms with Gasteiger partial charge in [-0.2, -0.15) is 0 Å². The van der Waals surface area contributed by atoms with Crippen molar-refractivity contribution < 1.29 is 4.79 Å². The highest BCUT2D eigenvalue weighted by Crippen LogP contribution is 2.20. The number of para-hydroxylation sites is 1. The number of aryl methyl sites for hydroxylation is 1. The molecule has 1 N–H and O–H groups in total. The van der Waals surface area contributed by atoms with Gasteiger partial charge >= 0.3 is 5.69 Å². The number of rotatable bonds is 5. The standard InChI is InChI=1S/C21H22ClN3O3/c1-13(2)11-25-20(27)16-6-4-5-7-18(16)24(21(25)28)12-19(26)23-17-10-15(22)9-8-14(17)3/h4-10,13H,11-12H2,1-3H3,(H,23,26). The van der Waals surface area contributed by atoms with Crippen molar-refractivity contribution in [3.8, 4) is 0 Å². The lowest BCUT2D eigenvalue weighted by molar-refractivity contribution is -0.116. The first-order chi connectivity index (χ1) is 13.3. The van der Waals surface area contributed by atoms with Gasteiger partial charge in [0.1, 0.15) is 6.54 Å². The Balaban J connectivity index is 2.04. The van der Waals surface area contributed by atoms with Crippen LogP contribution in [0.5, 0.6) is 0 Å². The number of amides is 1. The number of halogens is 1. The van der Waals surface area contributed by atoms with Crippen molar-refractivity contribution in [1.82, 2.24) is 9.13 Å². The van der Waals surface area contributed by atoms with Crippen LogP contribution in [-0.2, 0) is 17.9 Å². The predicted molar refractivity (Wildman–Crippen MR) is 112 cm³/mol. The maximum absolute atomic E-state index is 13.0. The number of carbonyl (C=O) groups is 1. The number of carbonyl (C=O) groups excluding carboxylic acids is 1. The van der Waals surface area contributed by atoms with E-state index in [9.17, 15) is 14.4 Å². The second-order valence-corrected chi connectivity index (χ2v) is 7.64. The van der Waals surface area contributed by atoms with Crippen molar-refractivity contribution >= 4 is 34.1 Å². The zero-order valence-electron chi connectivity index (χ0n) is 16.0. The Bertz CT molecular complexity index is 1160. The summed E-state index contributed by atoms with van der Waals surface area (Å²) < 4.78 is 2.54. The number of hydrogen-bond donors (Lipinski definition) is 1. The minimum absolute atomic E-state index is 0.114. The molecule has 0 bridgehead atoms. The minimum Gasteiger partial charge on any atom is -0.324 e. The monoisotopic (exact) mass is 399 g/mol. The topological polar surface area (TPSA) is 73.1 Å². The van der Waals surface area contributed by atoms with Gasteiger partial charge in [-0.25, -0.2) is 4.79 Å². The lowest BCUT2D eigenvalue weighted by atomic mass is 10.2. The molecule has 3 rings (SSSR count). The molecule has 2 aromatic carbocycles. The minimum atomic E-state index is -0.490. The predicted octanol–water partition coefficient (Wildman–Crippen LogP) is 3.42. The van der Waals surface area contributed by atoms with E-state index in [-0.39, 0.29) is 30.5 Å². The van der Waals surface area contributed by atoms with Crippen LogP contribution < -0.4 is 16.6 Å². The quantitative estimate of drug-likeness (QED) is 0.714. The van der Waals surface area contributed by atoms with Gasteiger partial charge in [-0.3, -0.25) is 18.7 Å². The summed E-state index contributed by atoms with van der Waals surface area (Å²) in [6, 6.07) is 12.0. The fourth-order valence-corrected chi connectivity index (χ4v) is 3.28. The van der Waals surface area contributed by atoms with Gasteiger partial charge in [0, 0.05) is 17.3 Å². The molecule has 0 spiro atoms. The molecule has 0 aliphatic carbocycles. The largest absolute Gasteiger partial charge is 0.331 e. The van der Waals surface area contributed by atoms with Crippen LogP contribution in [0.25, 0.3) is 10.9 Å². The van der Waals surface area contributed by atoms with Crippen molar-refractivity contribution in [2.75, 3.05) is 5.32 Å². The van der Waals surface area contributed by atoms with Crippen LogP contribution in [-0.4, -0.2) is 15.0 Å². The summed E-state index contributed by atoms with van der Waals surface area (Å²) >= 11 is 6.01. The lowest BCUT2D eigenvalue weighted by Crippen LogP contribution is -2.42. The lowest BCUT2D eigenvalue weighted by Gasteiger charge is -2.15. The number of hydrogen-bond acceptors (Lipinski definition) is 3. The maximum Gasteiger partial charge on any atom is 0.331 e. The van der Waals surface area contributed by atoms with Crippen molar-refractivity contribution in [3.05, 3.63) is 73.9 Å². The fourth-order valence-electron chi connectivity index (χ4n) is 3.11. The van der Waals surface area contributed by atoms with Crippen LogP contribution >= 0.6 is 11.6 Å². The number of benzene rings is 2. The molecule has 0 fully saturated rings. The van der Waals surface area contributed by atoms with Crippen LogP contribution in [0.3, 0.4) is 0 Å². The molecule has 1 aromatic heterocycles. The Morgan fingerprint density at radius 1 is 1.11 bits per heavy atom. The Morgan fingerprint density at radius 2 is 1.82 bits per heavy atom. The first-order valence-corrected chi connectivity index (χ1v) is 9.44. The molecule has 0 saturated carbocycles. The van der Waals surface area contributed by atoms with E-state index in [4.69, 9.17) is 11.6 Å². The van der Waals surface area contributed by atoms with Gasteiger partial charge < -0.3 is 5.32 Å². The normalized spacial score (nSPS) is 11.2. The van der Waals surface area contributed by atoms with E-state index < -0.39 is 5.69 Å². The molecule has 1 amide bonds. The van der Waals surface area contributed by atoms with Gasteiger partial charge in [0.2, 0.25) is 5.91 Å². The van der Waals surface area contributed by atoms with Gasteiger partial charge in [0.05, 0.1) is 10.9 Å². The molecular weight excluding hydrogens is 378 g/mol. The molecule has 0 saturated heterocycles. The van der Waals surface area contributed by atoms with Gasteiger partial charge in [0.25, 0.3) is 5.56 Å². The van der Waals surface area contributed by atoms with Crippen LogP contribution in [0.1, 0.15) is 19.4 Å². The van der Waals surface area contributed by atoms with E-state index in [1.807, 2.05) is 26.8 Å². The molecule has 28 heavy (non-hydrogen) atoms. The number of nitrogens with one attached hydrogen (secondary N) is 1. The molecule has 3 aromatic rings. The SMILES string of the molecule is Cc1ccc(Cl)cc1NC(=O)Cn1c(=O)n(CC(C)C)c(=O)c2ccccc21. The Kier molecular flexibility index (Phi) is 5.70. The van der Waals surface area contributed by atoms with E-state index in [2.05, 4.69) is 5.32 Å². The van der Waals surface area contributed by atoms with Gasteiger partial charge in [-0.1, -0.05) is 43.6 Å². The fraction of sp³-hybridized carbons (Fsp3) is 0.286. The van der Waals surface area contributed by atoms with E-state index >= 15 is 0 Å². The number of aromatic nitrogens is 2. The highest BCUT2D eigenvalue weighted by atomic mass is 35.5. The van der Waals surface area contributed by atoms with E-state index in [1.54, 1.807) is 36.4 Å². The smallest absolute Gasteiger partial charge is 0.324 e. The second-order valence-electron chi connectivity index (χ2n) is 7.20. The highest BCUT2D eigenvalue weighted by molar-refractivity contribution is 6.31. The van der Waals surface area contributed by atoms with Crippen molar-refractivity contribution in [2.45, 2.75) is 33.9 Å². The molecule has 7 heteroatoms. The van der Waals surface area contributed by atoms with E-state index in [0.29, 0.717) is 21.6 Å². The zero-order valence-corrected chi connectivity index (χ0v) is 16.8. The molecule has 0 unspecified atom stereocenters. The van der Waals surface area contributed by atoms with Crippen molar-refractivity contribution in [2.24, 2.45) is 5.92 Å². The van der Waals surface area contributed by atoms with Crippen LogP contribution in [0.4, 0.5) is 5.69 Å².